The molecule has 0 aliphatic heterocycles. The van der Waals surface area contributed by atoms with Crippen LogP contribution in [0, 0.1) is 6.92 Å². The van der Waals surface area contributed by atoms with E-state index in [0.717, 1.165) is 12.8 Å². The summed E-state index contributed by atoms with van der Waals surface area (Å²) in [6.45, 7) is 5.50. The van der Waals surface area contributed by atoms with Crippen LogP contribution in [0.3, 0.4) is 0 Å². The van der Waals surface area contributed by atoms with Crippen LogP contribution in [0.5, 0.6) is 0 Å². The molecule has 0 unspecified atom stereocenters. The Balaban J connectivity index is 0.000000324. The first-order valence-corrected chi connectivity index (χ1v) is 4.42. The van der Waals surface area contributed by atoms with Crippen molar-refractivity contribution in [2.45, 2.75) is 19.8 Å². The minimum Gasteiger partial charge on any atom is -0.344 e. The Morgan fingerprint density at radius 1 is 1.31 bits per heavy atom. The largest absolute Gasteiger partial charge is 1.00 e. The Kier molecular flexibility index (Phi) is 6.77. The third kappa shape index (κ3) is 3.85. The van der Waals surface area contributed by atoms with E-state index >= 15 is 0 Å². The molecule has 0 bridgehead atoms. The standard InChI is InChI=1S/C9H8.C3H7.Li/c1-2-5-9-7-3-6-8(9)4-1;1-3-2;/h1-6H,7H2;1,3H2,2H3;/q;-1;+1. The molecule has 0 fully saturated rings. The van der Waals surface area contributed by atoms with Crippen molar-refractivity contribution in [1.29, 1.82) is 0 Å². The summed E-state index contributed by atoms with van der Waals surface area (Å²) in [7, 11) is 0. The molecule has 1 heteroatoms. The van der Waals surface area contributed by atoms with Gasteiger partial charge >= 0.3 is 18.9 Å². The van der Waals surface area contributed by atoms with Crippen LogP contribution in [0.2, 0.25) is 0 Å². The summed E-state index contributed by atoms with van der Waals surface area (Å²) in [4.78, 5) is 0. The first kappa shape index (κ1) is 12.6. The molecule has 0 nitrogen and oxygen atoms in total. The van der Waals surface area contributed by atoms with Crippen LogP contribution in [0.15, 0.2) is 30.3 Å². The van der Waals surface area contributed by atoms with E-state index < -0.39 is 0 Å². The molecule has 0 saturated heterocycles. The van der Waals surface area contributed by atoms with Gasteiger partial charge in [0.1, 0.15) is 0 Å². The second kappa shape index (κ2) is 7.01. The SMILES string of the molecule is C1=Cc2ccccc2C1.[CH2-]CC.[Li+]. The van der Waals surface area contributed by atoms with Crippen molar-refractivity contribution in [2.75, 3.05) is 0 Å². The summed E-state index contributed by atoms with van der Waals surface area (Å²) in [5.74, 6) is 0. The van der Waals surface area contributed by atoms with Gasteiger partial charge in [-0.15, -0.1) is 0 Å². The number of hydrogen-bond acceptors (Lipinski definition) is 0. The zero-order valence-electron chi connectivity index (χ0n) is 8.59. The maximum atomic E-state index is 3.49. The van der Waals surface area contributed by atoms with Crippen molar-refractivity contribution >= 4 is 6.08 Å². The van der Waals surface area contributed by atoms with Crippen LogP contribution in [0.25, 0.3) is 6.08 Å². The molecule has 13 heavy (non-hydrogen) atoms. The second-order valence-electron chi connectivity index (χ2n) is 2.81. The summed E-state index contributed by atoms with van der Waals surface area (Å²) in [6, 6.07) is 8.49. The van der Waals surface area contributed by atoms with Crippen LogP contribution in [-0.2, 0) is 6.42 Å². The second-order valence-corrected chi connectivity index (χ2v) is 2.81. The fraction of sp³-hybridized carbons (Fsp3) is 0.250. The minimum atomic E-state index is 0. The number of rotatable bonds is 0. The van der Waals surface area contributed by atoms with Crippen molar-refractivity contribution in [3.05, 3.63) is 48.4 Å². The first-order valence-electron chi connectivity index (χ1n) is 4.42. The molecule has 0 N–H and O–H groups in total. The summed E-state index contributed by atoms with van der Waals surface area (Å²) in [6.07, 6.45) is 6.50. The number of benzene rings is 1. The van der Waals surface area contributed by atoms with Gasteiger partial charge in [0.2, 0.25) is 0 Å². The molecule has 0 radical (unpaired) electrons. The van der Waals surface area contributed by atoms with E-state index in [1.807, 2.05) is 6.92 Å². The Morgan fingerprint density at radius 3 is 2.54 bits per heavy atom. The maximum Gasteiger partial charge on any atom is 1.00 e. The van der Waals surface area contributed by atoms with Crippen molar-refractivity contribution in [1.82, 2.24) is 0 Å². The predicted octanol–water partition coefficient (Wildman–Crippen LogP) is 0.490. The van der Waals surface area contributed by atoms with E-state index in [4.69, 9.17) is 0 Å². The molecule has 1 aromatic carbocycles. The van der Waals surface area contributed by atoms with Gasteiger partial charge in [0.25, 0.3) is 0 Å². The van der Waals surface area contributed by atoms with Gasteiger partial charge in [-0.2, -0.15) is 6.42 Å². The fourth-order valence-electron chi connectivity index (χ4n) is 1.20. The molecule has 0 heterocycles. The van der Waals surface area contributed by atoms with Crippen molar-refractivity contribution in [3.63, 3.8) is 0 Å². The van der Waals surface area contributed by atoms with Crippen molar-refractivity contribution in [3.8, 4) is 0 Å². The zero-order valence-corrected chi connectivity index (χ0v) is 8.59. The molecule has 0 saturated carbocycles. The van der Waals surface area contributed by atoms with Crippen LogP contribution in [-0.4, -0.2) is 0 Å². The van der Waals surface area contributed by atoms with Crippen molar-refractivity contribution in [2.24, 2.45) is 0 Å². The normalized spacial score (nSPS) is 10.9. The van der Waals surface area contributed by atoms with E-state index in [1.54, 1.807) is 0 Å². The Morgan fingerprint density at radius 2 is 1.92 bits per heavy atom. The van der Waals surface area contributed by atoms with Gasteiger partial charge in [0.15, 0.2) is 0 Å². The fourth-order valence-corrected chi connectivity index (χ4v) is 1.20. The molecule has 1 aliphatic carbocycles. The van der Waals surface area contributed by atoms with Gasteiger partial charge in [-0.05, 0) is 17.5 Å². The number of hydrogen-bond donors (Lipinski definition) is 0. The molecule has 1 aromatic rings. The summed E-state index contributed by atoms with van der Waals surface area (Å²) >= 11 is 0. The average Bonchev–Trinajstić information content (AvgIpc) is 2.52. The molecule has 0 atom stereocenters. The molecular weight excluding hydrogens is 151 g/mol. The molecule has 0 amide bonds. The molecule has 0 aromatic heterocycles. The first-order chi connectivity index (χ1) is 5.88. The average molecular weight is 166 g/mol. The van der Waals surface area contributed by atoms with Crippen molar-refractivity contribution < 1.29 is 18.9 Å². The number of allylic oxidation sites excluding steroid dienone is 1. The maximum absolute atomic E-state index is 3.49. The Labute approximate surface area is 93.2 Å². The third-order valence-electron chi connectivity index (χ3n) is 1.69. The number of fused-ring (bicyclic) bond motifs is 1. The minimum absolute atomic E-state index is 0. The van der Waals surface area contributed by atoms with Gasteiger partial charge in [-0.3, -0.25) is 0 Å². The zero-order chi connectivity index (χ0) is 8.81. The van der Waals surface area contributed by atoms with Gasteiger partial charge in [-0.25, -0.2) is 0 Å². The van der Waals surface area contributed by atoms with Gasteiger partial charge < -0.3 is 6.92 Å². The summed E-state index contributed by atoms with van der Waals surface area (Å²) in [5.41, 5.74) is 2.84. The van der Waals surface area contributed by atoms with Crippen LogP contribution in [0.4, 0.5) is 0 Å². The quantitative estimate of drug-likeness (QED) is 0.388. The molecular formula is C12H15Li. The Hall–Kier alpha value is -0.443. The third-order valence-corrected chi connectivity index (χ3v) is 1.69. The topological polar surface area (TPSA) is 0 Å². The van der Waals surface area contributed by atoms with E-state index in [1.165, 1.54) is 11.1 Å². The van der Waals surface area contributed by atoms with E-state index in [9.17, 15) is 0 Å². The summed E-state index contributed by atoms with van der Waals surface area (Å²) < 4.78 is 0. The van der Waals surface area contributed by atoms with E-state index in [2.05, 4.69) is 43.3 Å². The van der Waals surface area contributed by atoms with Gasteiger partial charge in [0.05, 0.1) is 0 Å². The van der Waals surface area contributed by atoms with E-state index in [-0.39, 0.29) is 18.9 Å². The Bertz CT molecular complexity index is 264. The molecule has 0 spiro atoms. The van der Waals surface area contributed by atoms with Crippen LogP contribution in [0.1, 0.15) is 24.5 Å². The molecule has 64 valence electrons. The molecule has 2 rings (SSSR count). The van der Waals surface area contributed by atoms with E-state index in [0.29, 0.717) is 0 Å². The van der Waals surface area contributed by atoms with Crippen LogP contribution < -0.4 is 18.9 Å². The smallest absolute Gasteiger partial charge is 0.344 e. The van der Waals surface area contributed by atoms with Crippen LogP contribution >= 0.6 is 0 Å². The monoisotopic (exact) mass is 166 g/mol. The molecule has 1 aliphatic rings. The van der Waals surface area contributed by atoms with Gasteiger partial charge in [0, 0.05) is 0 Å². The summed E-state index contributed by atoms with van der Waals surface area (Å²) in [5, 5.41) is 0. The van der Waals surface area contributed by atoms with Gasteiger partial charge in [-0.1, -0.05) is 43.3 Å². The predicted molar refractivity (Wildman–Crippen MR) is 54.8 cm³/mol.